The highest BCUT2D eigenvalue weighted by molar-refractivity contribution is 6.30. The SMILES string of the molecule is Cc1nc(NCc2ccccc2F)ncc1C(=O)NCc1ccc(Cl)cc1. The van der Waals surface area contributed by atoms with Gasteiger partial charge in [0.15, 0.2) is 0 Å². The van der Waals surface area contributed by atoms with Crippen molar-refractivity contribution >= 4 is 23.5 Å². The Morgan fingerprint density at radius 1 is 1.11 bits per heavy atom. The van der Waals surface area contributed by atoms with Crippen LogP contribution in [0, 0.1) is 12.7 Å². The zero-order valence-corrected chi connectivity index (χ0v) is 15.4. The minimum atomic E-state index is -0.292. The van der Waals surface area contributed by atoms with Gasteiger partial charge < -0.3 is 10.6 Å². The van der Waals surface area contributed by atoms with Crippen molar-refractivity contribution in [2.45, 2.75) is 20.0 Å². The smallest absolute Gasteiger partial charge is 0.254 e. The Morgan fingerprint density at radius 2 is 1.85 bits per heavy atom. The Labute approximate surface area is 161 Å². The number of carbonyl (C=O) groups is 1. The number of aromatic nitrogens is 2. The zero-order chi connectivity index (χ0) is 19.2. The first kappa shape index (κ1) is 18.8. The van der Waals surface area contributed by atoms with Gasteiger partial charge in [-0.05, 0) is 30.7 Å². The van der Waals surface area contributed by atoms with Crippen molar-refractivity contribution in [2.75, 3.05) is 5.32 Å². The molecule has 0 saturated carbocycles. The number of halogens is 2. The third kappa shape index (κ3) is 5.01. The summed E-state index contributed by atoms with van der Waals surface area (Å²) in [7, 11) is 0. The van der Waals surface area contributed by atoms with Crippen LogP contribution in [0.25, 0.3) is 0 Å². The van der Waals surface area contributed by atoms with Crippen LogP contribution in [0.1, 0.15) is 27.2 Å². The van der Waals surface area contributed by atoms with Gasteiger partial charge in [-0.25, -0.2) is 14.4 Å². The number of rotatable bonds is 6. The van der Waals surface area contributed by atoms with E-state index in [1.165, 1.54) is 12.3 Å². The lowest BCUT2D eigenvalue weighted by molar-refractivity contribution is 0.0949. The number of hydrogen-bond acceptors (Lipinski definition) is 4. The average Bonchev–Trinajstić information content (AvgIpc) is 2.67. The molecule has 2 aromatic carbocycles. The van der Waals surface area contributed by atoms with Gasteiger partial charge in [-0.1, -0.05) is 41.9 Å². The Morgan fingerprint density at radius 3 is 2.56 bits per heavy atom. The molecule has 1 aromatic heterocycles. The summed E-state index contributed by atoms with van der Waals surface area (Å²) in [6.45, 7) is 2.37. The van der Waals surface area contributed by atoms with Gasteiger partial charge in [-0.2, -0.15) is 0 Å². The standard InChI is InChI=1S/C20H18ClFN4O/c1-13-17(19(27)23-10-14-6-8-16(21)9-7-14)12-25-20(26-13)24-11-15-4-2-3-5-18(15)22/h2-9,12H,10-11H2,1H3,(H,23,27)(H,24,25,26). The number of benzene rings is 2. The molecule has 0 fully saturated rings. The second kappa shape index (κ2) is 8.60. The summed E-state index contributed by atoms with van der Waals surface area (Å²) in [5.41, 5.74) is 2.38. The minimum absolute atomic E-state index is 0.258. The van der Waals surface area contributed by atoms with Crippen LogP contribution in [0.2, 0.25) is 5.02 Å². The largest absolute Gasteiger partial charge is 0.350 e. The highest BCUT2D eigenvalue weighted by Crippen LogP contribution is 2.12. The lowest BCUT2D eigenvalue weighted by Crippen LogP contribution is -2.24. The Bertz CT molecular complexity index is 947. The maximum Gasteiger partial charge on any atom is 0.254 e. The highest BCUT2D eigenvalue weighted by Gasteiger charge is 2.12. The minimum Gasteiger partial charge on any atom is -0.350 e. The fourth-order valence-electron chi connectivity index (χ4n) is 2.47. The average molecular weight is 385 g/mol. The molecule has 0 aliphatic heterocycles. The van der Waals surface area contributed by atoms with Crippen LogP contribution < -0.4 is 10.6 Å². The quantitative estimate of drug-likeness (QED) is 0.671. The Hall–Kier alpha value is -2.99. The third-order valence-electron chi connectivity index (χ3n) is 3.99. The molecule has 2 N–H and O–H groups in total. The number of nitrogens with one attached hydrogen (secondary N) is 2. The molecule has 27 heavy (non-hydrogen) atoms. The molecule has 0 aliphatic carbocycles. The normalized spacial score (nSPS) is 10.5. The number of anilines is 1. The Kier molecular flexibility index (Phi) is 5.98. The topological polar surface area (TPSA) is 66.9 Å². The van der Waals surface area contributed by atoms with Crippen LogP contribution in [-0.2, 0) is 13.1 Å². The lowest BCUT2D eigenvalue weighted by Gasteiger charge is -2.10. The zero-order valence-electron chi connectivity index (χ0n) is 14.7. The first-order valence-corrected chi connectivity index (χ1v) is 8.74. The van der Waals surface area contributed by atoms with E-state index in [9.17, 15) is 9.18 Å². The van der Waals surface area contributed by atoms with Crippen molar-refractivity contribution in [3.05, 3.63) is 88.0 Å². The van der Waals surface area contributed by atoms with Gasteiger partial charge in [0.1, 0.15) is 5.82 Å². The number of carbonyl (C=O) groups excluding carboxylic acids is 1. The van der Waals surface area contributed by atoms with E-state index in [0.717, 1.165) is 5.56 Å². The van der Waals surface area contributed by atoms with E-state index in [1.54, 1.807) is 37.3 Å². The van der Waals surface area contributed by atoms with Gasteiger partial charge in [0.25, 0.3) is 5.91 Å². The first-order valence-electron chi connectivity index (χ1n) is 8.36. The van der Waals surface area contributed by atoms with E-state index in [4.69, 9.17) is 11.6 Å². The summed E-state index contributed by atoms with van der Waals surface area (Å²) < 4.78 is 13.6. The van der Waals surface area contributed by atoms with Crippen molar-refractivity contribution in [2.24, 2.45) is 0 Å². The molecule has 0 atom stereocenters. The van der Waals surface area contributed by atoms with E-state index in [2.05, 4.69) is 20.6 Å². The molecular formula is C20H18ClFN4O. The summed E-state index contributed by atoms with van der Waals surface area (Å²) in [4.78, 5) is 20.8. The van der Waals surface area contributed by atoms with Crippen LogP contribution in [0.5, 0.6) is 0 Å². The van der Waals surface area contributed by atoms with Crippen LogP contribution in [0.4, 0.5) is 10.3 Å². The molecule has 0 unspecified atom stereocenters. The number of amides is 1. The van der Waals surface area contributed by atoms with E-state index in [1.807, 2.05) is 12.1 Å². The second-order valence-electron chi connectivity index (χ2n) is 5.95. The van der Waals surface area contributed by atoms with E-state index >= 15 is 0 Å². The molecule has 5 nitrogen and oxygen atoms in total. The van der Waals surface area contributed by atoms with Gasteiger partial charge in [0.05, 0.1) is 11.3 Å². The second-order valence-corrected chi connectivity index (χ2v) is 6.38. The predicted octanol–water partition coefficient (Wildman–Crippen LogP) is 4.12. The molecule has 0 aliphatic rings. The van der Waals surface area contributed by atoms with Crippen LogP contribution >= 0.6 is 11.6 Å². The van der Waals surface area contributed by atoms with Gasteiger partial charge in [-0.3, -0.25) is 4.79 Å². The monoisotopic (exact) mass is 384 g/mol. The van der Waals surface area contributed by atoms with Gasteiger partial charge in [0, 0.05) is 29.9 Å². The fourth-order valence-corrected chi connectivity index (χ4v) is 2.60. The van der Waals surface area contributed by atoms with Crippen molar-refractivity contribution in [1.82, 2.24) is 15.3 Å². The van der Waals surface area contributed by atoms with E-state index in [0.29, 0.717) is 34.3 Å². The highest BCUT2D eigenvalue weighted by atomic mass is 35.5. The molecule has 1 heterocycles. The number of nitrogens with zero attached hydrogens (tertiary/aromatic N) is 2. The first-order chi connectivity index (χ1) is 13.0. The van der Waals surface area contributed by atoms with Gasteiger partial charge in [0.2, 0.25) is 5.95 Å². The third-order valence-corrected chi connectivity index (χ3v) is 4.24. The molecule has 7 heteroatoms. The maximum atomic E-state index is 13.6. The van der Waals surface area contributed by atoms with Crippen molar-refractivity contribution in [1.29, 1.82) is 0 Å². The molecule has 138 valence electrons. The van der Waals surface area contributed by atoms with Crippen molar-refractivity contribution in [3.63, 3.8) is 0 Å². The summed E-state index contributed by atoms with van der Waals surface area (Å²) in [5, 5.41) is 6.44. The Balaban J connectivity index is 1.61. The van der Waals surface area contributed by atoms with E-state index < -0.39 is 0 Å². The summed E-state index contributed by atoms with van der Waals surface area (Å²) >= 11 is 5.85. The number of aryl methyl sites for hydroxylation is 1. The fraction of sp³-hybridized carbons (Fsp3) is 0.150. The predicted molar refractivity (Wildman–Crippen MR) is 103 cm³/mol. The lowest BCUT2D eigenvalue weighted by atomic mass is 10.2. The van der Waals surface area contributed by atoms with Gasteiger partial charge in [-0.15, -0.1) is 0 Å². The summed E-state index contributed by atoms with van der Waals surface area (Å²) in [5.74, 6) is -0.215. The number of hydrogen-bond donors (Lipinski definition) is 2. The molecular weight excluding hydrogens is 367 g/mol. The van der Waals surface area contributed by atoms with Gasteiger partial charge >= 0.3 is 0 Å². The molecule has 3 aromatic rings. The van der Waals surface area contributed by atoms with Crippen molar-refractivity contribution in [3.8, 4) is 0 Å². The van der Waals surface area contributed by atoms with Crippen LogP contribution in [-0.4, -0.2) is 15.9 Å². The molecule has 3 rings (SSSR count). The molecule has 0 bridgehead atoms. The van der Waals surface area contributed by atoms with Crippen molar-refractivity contribution < 1.29 is 9.18 Å². The summed E-state index contributed by atoms with van der Waals surface area (Å²) in [6, 6.07) is 13.7. The van der Waals surface area contributed by atoms with Crippen LogP contribution in [0.3, 0.4) is 0 Å². The summed E-state index contributed by atoms with van der Waals surface area (Å²) in [6.07, 6.45) is 1.46. The molecule has 1 amide bonds. The molecule has 0 saturated heterocycles. The maximum absolute atomic E-state index is 13.6. The van der Waals surface area contributed by atoms with Crippen LogP contribution in [0.15, 0.2) is 54.7 Å². The molecule has 0 spiro atoms. The molecule has 0 radical (unpaired) electrons. The van der Waals surface area contributed by atoms with E-state index in [-0.39, 0.29) is 18.3 Å².